The molecule has 1 heterocycles. The summed E-state index contributed by atoms with van der Waals surface area (Å²) in [5, 5.41) is 11.7. The first-order chi connectivity index (χ1) is 10.7. The Labute approximate surface area is 142 Å². The molecule has 3 amide bonds. The minimum absolute atomic E-state index is 0. The number of aromatic nitrogens is 1. The van der Waals surface area contributed by atoms with E-state index in [1.165, 1.54) is 6.92 Å². The summed E-state index contributed by atoms with van der Waals surface area (Å²) in [5.41, 5.74) is 1.08. The highest BCUT2D eigenvalue weighted by Gasteiger charge is 2.20. The Balaban J connectivity index is 0.00000288. The zero-order chi connectivity index (χ0) is 17.0. The van der Waals surface area contributed by atoms with E-state index in [1.54, 1.807) is 30.3 Å². The van der Waals surface area contributed by atoms with Crippen molar-refractivity contribution >= 4 is 37.5 Å². The molecule has 0 aliphatic heterocycles. The lowest BCUT2D eigenvalue weighted by Crippen LogP contribution is -2.19. The minimum Gasteiger partial charge on any atom is -0.359 e. The molecule has 0 aliphatic carbocycles. The van der Waals surface area contributed by atoms with Crippen LogP contribution in [0.25, 0.3) is 0 Å². The van der Waals surface area contributed by atoms with Gasteiger partial charge in [0.25, 0.3) is 0 Å². The average Bonchev–Trinajstić information content (AvgIpc) is 2.89. The van der Waals surface area contributed by atoms with E-state index in [2.05, 4.69) is 21.1 Å². The topological polar surface area (TPSA) is 96.3 Å². The molecule has 2 aromatic rings. The van der Waals surface area contributed by atoms with Gasteiger partial charge in [0.1, 0.15) is 5.76 Å². The Bertz CT molecular complexity index is 705. The van der Waals surface area contributed by atoms with Crippen molar-refractivity contribution in [1.29, 1.82) is 0 Å². The van der Waals surface area contributed by atoms with Crippen LogP contribution in [0.15, 0.2) is 34.9 Å². The first-order valence-electron chi connectivity index (χ1n) is 7.17. The third-order valence-corrected chi connectivity index (χ3v) is 2.95. The molecule has 3 N–H and O–H groups in total. The SMILES string of the molecule is CC(=O)Nc1ccc(NC(=O)Nc2cc(C(C)(C)C)on2)cc1.[B]. The van der Waals surface area contributed by atoms with Crippen molar-refractivity contribution in [2.24, 2.45) is 0 Å². The smallest absolute Gasteiger partial charge is 0.324 e. The second kappa shape index (κ2) is 7.67. The highest BCUT2D eigenvalue weighted by Crippen LogP contribution is 2.24. The Kier molecular flexibility index (Phi) is 6.17. The highest BCUT2D eigenvalue weighted by molar-refractivity contribution is 5.99. The quantitative estimate of drug-likeness (QED) is 0.754. The Hall–Kier alpha value is -2.77. The summed E-state index contributed by atoms with van der Waals surface area (Å²) >= 11 is 0. The zero-order valence-corrected chi connectivity index (χ0v) is 14.1. The first kappa shape index (κ1) is 19.3. The third kappa shape index (κ3) is 5.46. The fraction of sp³-hybridized carbons (Fsp3) is 0.312. The molecule has 3 radical (unpaired) electrons. The molecular weight excluding hydrogens is 307 g/mol. The van der Waals surface area contributed by atoms with E-state index in [1.807, 2.05) is 20.8 Å². The molecule has 8 heteroatoms. The van der Waals surface area contributed by atoms with Gasteiger partial charge in [-0.2, -0.15) is 0 Å². The summed E-state index contributed by atoms with van der Waals surface area (Å²) in [4.78, 5) is 22.9. The van der Waals surface area contributed by atoms with Gasteiger partial charge >= 0.3 is 6.03 Å². The largest absolute Gasteiger partial charge is 0.359 e. The molecule has 0 spiro atoms. The summed E-state index contributed by atoms with van der Waals surface area (Å²) < 4.78 is 5.20. The predicted octanol–water partition coefficient (Wildman–Crippen LogP) is 3.19. The number of urea groups is 1. The van der Waals surface area contributed by atoms with Crippen LogP contribution in [0.1, 0.15) is 33.5 Å². The molecule has 0 atom stereocenters. The standard InChI is InChI=1S/C16H20N4O3.B/c1-10(21)17-11-5-7-12(8-6-11)18-15(22)19-14-9-13(23-20-14)16(2,3)4;/h5-9H,1-4H3,(H,17,21)(H2,18,19,20,22);. The van der Waals surface area contributed by atoms with E-state index in [9.17, 15) is 9.59 Å². The van der Waals surface area contributed by atoms with E-state index in [-0.39, 0.29) is 19.7 Å². The van der Waals surface area contributed by atoms with Crippen molar-refractivity contribution in [3.8, 4) is 0 Å². The number of nitrogens with zero attached hydrogens (tertiary/aromatic N) is 1. The van der Waals surface area contributed by atoms with Crippen LogP contribution in [-0.4, -0.2) is 25.5 Å². The van der Waals surface area contributed by atoms with Gasteiger partial charge in [-0.25, -0.2) is 4.79 Å². The van der Waals surface area contributed by atoms with Crippen LogP contribution < -0.4 is 16.0 Å². The molecule has 24 heavy (non-hydrogen) atoms. The molecule has 125 valence electrons. The van der Waals surface area contributed by atoms with Gasteiger partial charge in [0.2, 0.25) is 5.91 Å². The second-order valence-electron chi connectivity index (χ2n) is 6.16. The van der Waals surface area contributed by atoms with Gasteiger partial charge in [0.05, 0.1) is 0 Å². The molecule has 1 aromatic heterocycles. The molecule has 0 saturated carbocycles. The van der Waals surface area contributed by atoms with Gasteiger partial charge in [-0.1, -0.05) is 25.9 Å². The first-order valence-corrected chi connectivity index (χ1v) is 7.17. The number of carbonyl (C=O) groups excluding carboxylic acids is 2. The molecular formula is C16H20BN4O3. The van der Waals surface area contributed by atoms with Gasteiger partial charge in [-0.15, -0.1) is 0 Å². The van der Waals surface area contributed by atoms with Gasteiger partial charge in [-0.3, -0.25) is 10.1 Å². The summed E-state index contributed by atoms with van der Waals surface area (Å²) in [6.45, 7) is 7.42. The number of benzene rings is 1. The van der Waals surface area contributed by atoms with E-state index in [4.69, 9.17) is 4.52 Å². The molecule has 1 aromatic carbocycles. The lowest BCUT2D eigenvalue weighted by molar-refractivity contribution is -0.114. The number of hydrogen-bond acceptors (Lipinski definition) is 4. The monoisotopic (exact) mass is 327 g/mol. The van der Waals surface area contributed by atoms with Crippen LogP contribution in [0.5, 0.6) is 0 Å². The van der Waals surface area contributed by atoms with Crippen molar-refractivity contribution in [3.63, 3.8) is 0 Å². The van der Waals surface area contributed by atoms with Crippen LogP contribution in [-0.2, 0) is 10.2 Å². The molecule has 2 rings (SSSR count). The number of rotatable bonds is 3. The number of nitrogens with one attached hydrogen (secondary N) is 3. The van der Waals surface area contributed by atoms with Crippen LogP contribution in [0.2, 0.25) is 0 Å². The average molecular weight is 327 g/mol. The summed E-state index contributed by atoms with van der Waals surface area (Å²) in [5.74, 6) is 0.888. The number of carbonyl (C=O) groups is 2. The van der Waals surface area contributed by atoms with Gasteiger partial charge in [0.15, 0.2) is 5.82 Å². The van der Waals surface area contributed by atoms with Crippen LogP contribution >= 0.6 is 0 Å². The zero-order valence-electron chi connectivity index (χ0n) is 14.1. The van der Waals surface area contributed by atoms with Crippen molar-refractivity contribution in [1.82, 2.24) is 5.16 Å². The minimum atomic E-state index is -0.425. The van der Waals surface area contributed by atoms with Gasteiger partial charge in [-0.05, 0) is 24.3 Å². The normalized spacial score (nSPS) is 10.5. The number of anilines is 3. The second-order valence-corrected chi connectivity index (χ2v) is 6.16. The molecule has 0 fully saturated rings. The summed E-state index contributed by atoms with van der Waals surface area (Å²) in [6, 6.07) is 8.04. The van der Waals surface area contributed by atoms with E-state index >= 15 is 0 Å². The van der Waals surface area contributed by atoms with Gasteiger partial charge in [0, 0.05) is 38.2 Å². The van der Waals surface area contributed by atoms with Crippen LogP contribution in [0.3, 0.4) is 0 Å². The van der Waals surface area contributed by atoms with Crippen molar-refractivity contribution in [2.45, 2.75) is 33.1 Å². The predicted molar refractivity (Wildman–Crippen MR) is 94.3 cm³/mol. The Morgan fingerprint density at radius 3 is 2.00 bits per heavy atom. The highest BCUT2D eigenvalue weighted by atomic mass is 16.5. The number of hydrogen-bond donors (Lipinski definition) is 3. The number of amides is 3. The van der Waals surface area contributed by atoms with E-state index < -0.39 is 6.03 Å². The van der Waals surface area contributed by atoms with E-state index in [0.29, 0.717) is 23.0 Å². The maximum Gasteiger partial charge on any atom is 0.324 e. The maximum atomic E-state index is 11.9. The molecule has 0 unspecified atom stereocenters. The molecule has 7 nitrogen and oxygen atoms in total. The fourth-order valence-corrected chi connectivity index (χ4v) is 1.81. The molecule has 0 bridgehead atoms. The lowest BCUT2D eigenvalue weighted by Gasteiger charge is -2.12. The van der Waals surface area contributed by atoms with Crippen LogP contribution in [0.4, 0.5) is 22.0 Å². The maximum absolute atomic E-state index is 11.9. The van der Waals surface area contributed by atoms with Crippen molar-refractivity contribution in [3.05, 3.63) is 36.1 Å². The van der Waals surface area contributed by atoms with Crippen molar-refractivity contribution in [2.75, 3.05) is 16.0 Å². The summed E-state index contributed by atoms with van der Waals surface area (Å²) in [7, 11) is 0. The van der Waals surface area contributed by atoms with Crippen LogP contribution in [0, 0.1) is 0 Å². The van der Waals surface area contributed by atoms with Gasteiger partial charge < -0.3 is 15.2 Å². The third-order valence-electron chi connectivity index (χ3n) is 2.95. The Morgan fingerprint density at radius 2 is 1.54 bits per heavy atom. The molecule has 0 aliphatic rings. The molecule has 0 saturated heterocycles. The van der Waals surface area contributed by atoms with Crippen molar-refractivity contribution < 1.29 is 14.1 Å². The Morgan fingerprint density at radius 1 is 1.00 bits per heavy atom. The lowest BCUT2D eigenvalue weighted by atomic mass is 9.93. The fourth-order valence-electron chi connectivity index (χ4n) is 1.81. The van der Waals surface area contributed by atoms with E-state index in [0.717, 1.165) is 0 Å². The summed E-state index contributed by atoms with van der Waals surface area (Å²) in [6.07, 6.45) is 0.